The SMILES string of the molecule is CC(C1c2ccccc2-c2ccccc21)C1c2ccccc2-c2ccccc21.[I][Zr][I]. The van der Waals surface area contributed by atoms with Crippen LogP contribution >= 0.6 is 36.1 Å². The Labute approximate surface area is 214 Å². The zero-order chi connectivity index (χ0) is 21.4. The molecule has 0 unspecified atom stereocenters. The predicted octanol–water partition coefficient (Wildman–Crippen LogP) is 9.02. The molecular weight excluding hydrogens is 681 g/mol. The van der Waals surface area contributed by atoms with Crippen molar-refractivity contribution in [2.45, 2.75) is 18.8 Å². The van der Waals surface area contributed by atoms with E-state index in [0.29, 0.717) is 17.8 Å². The molecule has 0 spiro atoms. The monoisotopic (exact) mass is 702 g/mol. The average Bonchev–Trinajstić information content (AvgIpc) is 3.33. The van der Waals surface area contributed by atoms with Crippen molar-refractivity contribution in [2.24, 2.45) is 5.92 Å². The third-order valence-corrected chi connectivity index (χ3v) is 6.82. The molecule has 0 bridgehead atoms. The third-order valence-electron chi connectivity index (χ3n) is 6.82. The topological polar surface area (TPSA) is 0 Å². The first kappa shape index (κ1) is 22.0. The molecule has 6 rings (SSSR count). The normalized spacial score (nSPS) is 13.7. The fourth-order valence-electron chi connectivity index (χ4n) is 5.71. The van der Waals surface area contributed by atoms with Crippen molar-refractivity contribution < 1.29 is 14.9 Å². The second kappa shape index (κ2) is 9.61. The minimum atomic E-state index is 0.170. The van der Waals surface area contributed by atoms with Gasteiger partial charge in [-0.2, -0.15) is 0 Å². The molecule has 4 aromatic carbocycles. The fraction of sp³-hybridized carbons (Fsp3) is 0.143. The van der Waals surface area contributed by atoms with Crippen LogP contribution in [-0.2, 0) is 14.9 Å². The van der Waals surface area contributed by atoms with Gasteiger partial charge in [-0.3, -0.25) is 0 Å². The van der Waals surface area contributed by atoms with Gasteiger partial charge in [0.15, 0.2) is 0 Å². The van der Waals surface area contributed by atoms with E-state index in [1.165, 1.54) is 44.5 Å². The standard InChI is InChI=1S/C28H22.2HI.Zr/c1-18(27-23-14-6-2-10-19(23)20-11-3-7-15-24(20)27)28-25-16-8-4-12-21(25)22-13-5-9-17-26(22)28;;;/h2-18,27-28H,1H3;2*1H;/q;;;+2/p-2. The van der Waals surface area contributed by atoms with E-state index in [1.54, 1.807) is 0 Å². The van der Waals surface area contributed by atoms with Crippen LogP contribution in [0.1, 0.15) is 41.0 Å². The first-order chi connectivity index (χ1) is 15.3. The summed E-state index contributed by atoms with van der Waals surface area (Å²) in [6.45, 7) is 2.45. The van der Waals surface area contributed by atoms with Gasteiger partial charge in [-0.05, 0) is 50.4 Å². The van der Waals surface area contributed by atoms with Crippen LogP contribution in [0.25, 0.3) is 22.3 Å². The summed E-state index contributed by atoms with van der Waals surface area (Å²) in [4.78, 5) is 0. The van der Waals surface area contributed by atoms with Crippen LogP contribution in [0.3, 0.4) is 0 Å². The molecule has 3 heteroatoms. The first-order valence-corrected chi connectivity index (χ1v) is 25.2. The van der Waals surface area contributed by atoms with Gasteiger partial charge in [-0.1, -0.05) is 104 Å². The molecule has 0 radical (unpaired) electrons. The summed E-state index contributed by atoms with van der Waals surface area (Å²) < 4.78 is 0. The molecule has 0 heterocycles. The number of fused-ring (bicyclic) bond motifs is 6. The Hall–Kier alpha value is -0.777. The summed E-state index contributed by atoms with van der Waals surface area (Å²) in [6.07, 6.45) is 0. The Balaban J connectivity index is 0.000000646. The number of benzene rings is 4. The summed E-state index contributed by atoms with van der Waals surface area (Å²) in [5.41, 5.74) is 11.6. The Kier molecular flexibility index (Phi) is 6.83. The molecule has 0 aliphatic heterocycles. The van der Waals surface area contributed by atoms with Gasteiger partial charge in [-0.15, -0.1) is 0 Å². The summed E-state index contributed by atoms with van der Waals surface area (Å²) >= 11 is 5.06. The zero-order valence-electron chi connectivity index (χ0n) is 17.2. The van der Waals surface area contributed by atoms with Gasteiger partial charge in [0.2, 0.25) is 0 Å². The minimum absolute atomic E-state index is 0.170. The van der Waals surface area contributed by atoms with Gasteiger partial charge in [0, 0.05) is 11.8 Å². The molecular formula is C28H22I2Zr. The van der Waals surface area contributed by atoms with E-state index in [1.807, 2.05) is 0 Å². The molecule has 0 amide bonds. The molecule has 2 aliphatic rings. The number of rotatable bonds is 2. The molecule has 152 valence electrons. The van der Waals surface area contributed by atoms with Crippen LogP contribution in [0, 0.1) is 5.92 Å². The van der Waals surface area contributed by atoms with Gasteiger partial charge < -0.3 is 0 Å². The van der Waals surface area contributed by atoms with Gasteiger partial charge in [-0.25, -0.2) is 0 Å². The van der Waals surface area contributed by atoms with Crippen LogP contribution in [0.15, 0.2) is 97.1 Å². The van der Waals surface area contributed by atoms with Crippen molar-refractivity contribution in [2.75, 3.05) is 0 Å². The van der Waals surface area contributed by atoms with Crippen molar-refractivity contribution in [3.8, 4) is 22.3 Å². The van der Waals surface area contributed by atoms with E-state index in [4.69, 9.17) is 0 Å². The molecule has 4 aromatic rings. The first-order valence-electron chi connectivity index (χ1n) is 10.6. The van der Waals surface area contributed by atoms with Crippen LogP contribution in [-0.4, -0.2) is 0 Å². The number of hydrogen-bond acceptors (Lipinski definition) is 0. The zero-order valence-corrected chi connectivity index (χ0v) is 24.0. The quantitative estimate of drug-likeness (QED) is 0.183. The van der Waals surface area contributed by atoms with Gasteiger partial charge in [0.1, 0.15) is 0 Å². The molecule has 0 saturated heterocycles. The molecule has 31 heavy (non-hydrogen) atoms. The van der Waals surface area contributed by atoms with E-state index in [9.17, 15) is 0 Å². The van der Waals surface area contributed by atoms with E-state index in [0.717, 1.165) is 0 Å². The number of halogens is 2. The average molecular weight is 704 g/mol. The van der Waals surface area contributed by atoms with Crippen molar-refractivity contribution >= 4 is 36.1 Å². The Morgan fingerprint density at radius 1 is 0.516 bits per heavy atom. The summed E-state index contributed by atoms with van der Waals surface area (Å²) in [7, 11) is 0. The van der Waals surface area contributed by atoms with Crippen molar-refractivity contribution in [1.82, 2.24) is 0 Å². The molecule has 0 nitrogen and oxygen atoms in total. The summed E-state index contributed by atoms with van der Waals surface area (Å²) in [5.74, 6) is 1.34. The van der Waals surface area contributed by atoms with Gasteiger partial charge >= 0.3 is 50.9 Å². The van der Waals surface area contributed by atoms with Crippen molar-refractivity contribution in [3.05, 3.63) is 119 Å². The van der Waals surface area contributed by atoms with E-state index in [-0.39, 0.29) is 14.9 Å². The van der Waals surface area contributed by atoms with Crippen molar-refractivity contribution in [3.63, 3.8) is 0 Å². The summed E-state index contributed by atoms with van der Waals surface area (Å²) in [5, 5.41) is 0. The molecule has 0 saturated carbocycles. The maximum atomic E-state index is 2.45. The van der Waals surface area contributed by atoms with Crippen LogP contribution in [0.2, 0.25) is 0 Å². The van der Waals surface area contributed by atoms with Crippen molar-refractivity contribution in [1.29, 1.82) is 0 Å². The number of hydrogen-bond donors (Lipinski definition) is 0. The van der Waals surface area contributed by atoms with E-state index >= 15 is 0 Å². The van der Waals surface area contributed by atoms with Crippen LogP contribution in [0.4, 0.5) is 0 Å². The molecule has 0 atom stereocenters. The molecule has 0 fully saturated rings. The molecule has 2 aliphatic carbocycles. The third kappa shape index (κ3) is 3.83. The predicted molar refractivity (Wildman–Crippen MR) is 145 cm³/mol. The molecule has 0 aromatic heterocycles. The van der Waals surface area contributed by atoms with E-state index < -0.39 is 0 Å². The summed E-state index contributed by atoms with van der Waals surface area (Å²) in [6, 6.07) is 36.0. The van der Waals surface area contributed by atoms with Crippen LogP contribution in [0.5, 0.6) is 0 Å². The van der Waals surface area contributed by atoms with Gasteiger partial charge in [0.05, 0.1) is 0 Å². The Morgan fingerprint density at radius 2 is 0.742 bits per heavy atom. The second-order valence-corrected chi connectivity index (χ2v) is 27.2. The molecule has 0 N–H and O–H groups in total. The Bertz CT molecular complexity index is 1050. The second-order valence-electron chi connectivity index (χ2n) is 8.23. The fourth-order valence-corrected chi connectivity index (χ4v) is 5.71. The van der Waals surface area contributed by atoms with Gasteiger partial charge in [0.25, 0.3) is 0 Å². The maximum absolute atomic E-state index is 2.45. The van der Waals surface area contributed by atoms with Crippen LogP contribution < -0.4 is 0 Å². The Morgan fingerprint density at radius 3 is 1.00 bits per heavy atom. The van der Waals surface area contributed by atoms with E-state index in [2.05, 4.69) is 140 Å².